The normalized spacial score (nSPS) is 8.27. The Kier molecular flexibility index (Phi) is 4.03. The molecule has 0 bridgehead atoms. The van der Waals surface area contributed by atoms with Crippen molar-refractivity contribution in [2.75, 3.05) is 0 Å². The summed E-state index contributed by atoms with van der Waals surface area (Å²) in [7, 11) is 0. The third-order valence-corrected chi connectivity index (χ3v) is 1.03. The molecule has 0 unspecified atom stereocenters. The lowest BCUT2D eigenvalue weighted by atomic mass is 10.3. The van der Waals surface area contributed by atoms with Crippen LogP contribution in [0.2, 0.25) is 0 Å². The maximum atomic E-state index is 10.5. The number of aromatic nitrogens is 1. The number of aromatic hydroxyl groups is 1. The Balaban J connectivity index is 0.000000461. The Hall–Kier alpha value is -1.25. The minimum absolute atomic E-state index is 0.227. The Morgan fingerprint density at radius 2 is 2.00 bits per heavy atom. The standard InChI is InChI=1S/C6H7NO2.C2H6/c1-4-2-5(8)6(9)7-3-4;1-2/h2-3,8H,1H3,(H,7,9);1-2H3. The molecule has 2 N–H and O–H groups in total. The van der Waals surface area contributed by atoms with Crippen molar-refractivity contribution in [3.8, 4) is 5.75 Å². The highest BCUT2D eigenvalue weighted by Crippen LogP contribution is 1.99. The topological polar surface area (TPSA) is 53.1 Å². The van der Waals surface area contributed by atoms with Gasteiger partial charge in [0.15, 0.2) is 5.75 Å². The van der Waals surface area contributed by atoms with E-state index in [0.717, 1.165) is 5.56 Å². The molecule has 0 aliphatic carbocycles. The highest BCUT2D eigenvalue weighted by atomic mass is 16.3. The van der Waals surface area contributed by atoms with Crippen molar-refractivity contribution >= 4 is 0 Å². The van der Waals surface area contributed by atoms with Gasteiger partial charge in [-0.1, -0.05) is 13.8 Å². The minimum atomic E-state index is -0.444. The van der Waals surface area contributed by atoms with E-state index in [1.807, 2.05) is 13.8 Å². The van der Waals surface area contributed by atoms with E-state index in [1.165, 1.54) is 6.07 Å². The molecule has 1 heterocycles. The van der Waals surface area contributed by atoms with Crippen LogP contribution in [-0.4, -0.2) is 10.1 Å². The van der Waals surface area contributed by atoms with E-state index in [2.05, 4.69) is 4.98 Å². The molecule has 1 rings (SSSR count). The number of H-pyrrole nitrogens is 1. The molecule has 0 aliphatic heterocycles. The van der Waals surface area contributed by atoms with Gasteiger partial charge in [0.25, 0.3) is 5.56 Å². The number of aryl methyl sites for hydroxylation is 1. The Morgan fingerprint density at radius 3 is 2.36 bits per heavy atom. The highest BCUT2D eigenvalue weighted by molar-refractivity contribution is 5.20. The first-order chi connectivity index (χ1) is 5.20. The number of rotatable bonds is 0. The fourth-order valence-corrected chi connectivity index (χ4v) is 0.576. The van der Waals surface area contributed by atoms with Crippen molar-refractivity contribution in [3.05, 3.63) is 28.2 Å². The number of pyridine rings is 1. The van der Waals surface area contributed by atoms with Crippen molar-refractivity contribution in [1.82, 2.24) is 4.98 Å². The van der Waals surface area contributed by atoms with Crippen molar-refractivity contribution in [2.24, 2.45) is 0 Å². The lowest BCUT2D eigenvalue weighted by Gasteiger charge is -1.90. The molecule has 0 saturated carbocycles. The van der Waals surface area contributed by atoms with Crippen LogP contribution in [-0.2, 0) is 0 Å². The fraction of sp³-hybridized carbons (Fsp3) is 0.375. The van der Waals surface area contributed by atoms with Gasteiger partial charge < -0.3 is 10.1 Å². The molecule has 1 aromatic heterocycles. The summed E-state index contributed by atoms with van der Waals surface area (Å²) in [6.07, 6.45) is 1.54. The van der Waals surface area contributed by atoms with E-state index < -0.39 is 5.56 Å². The molecular weight excluding hydrogens is 142 g/mol. The second kappa shape index (κ2) is 4.55. The summed E-state index contributed by atoms with van der Waals surface area (Å²) >= 11 is 0. The largest absolute Gasteiger partial charge is 0.503 e. The van der Waals surface area contributed by atoms with Crippen molar-refractivity contribution < 1.29 is 5.11 Å². The van der Waals surface area contributed by atoms with E-state index in [9.17, 15) is 4.79 Å². The van der Waals surface area contributed by atoms with E-state index in [4.69, 9.17) is 5.11 Å². The molecule has 0 radical (unpaired) electrons. The van der Waals surface area contributed by atoms with Crippen LogP contribution < -0.4 is 5.56 Å². The summed E-state index contributed by atoms with van der Waals surface area (Å²) in [6.45, 7) is 5.79. The van der Waals surface area contributed by atoms with E-state index >= 15 is 0 Å². The van der Waals surface area contributed by atoms with Crippen LogP contribution in [0.5, 0.6) is 5.75 Å². The average Bonchev–Trinajstić information content (AvgIpc) is 2.02. The molecule has 0 aromatic carbocycles. The van der Waals surface area contributed by atoms with Gasteiger partial charge in [0.1, 0.15) is 0 Å². The zero-order chi connectivity index (χ0) is 8.85. The second-order valence-corrected chi connectivity index (χ2v) is 1.89. The molecule has 0 spiro atoms. The van der Waals surface area contributed by atoms with Crippen LogP contribution in [0.1, 0.15) is 19.4 Å². The van der Waals surface area contributed by atoms with Crippen LogP contribution >= 0.6 is 0 Å². The van der Waals surface area contributed by atoms with Gasteiger partial charge in [-0.15, -0.1) is 0 Å². The third-order valence-electron chi connectivity index (χ3n) is 1.03. The predicted molar refractivity (Wildman–Crippen MR) is 44.8 cm³/mol. The Morgan fingerprint density at radius 1 is 1.45 bits per heavy atom. The molecule has 0 atom stereocenters. The van der Waals surface area contributed by atoms with Crippen LogP contribution in [0.25, 0.3) is 0 Å². The first-order valence-corrected chi connectivity index (χ1v) is 3.58. The lowest BCUT2D eigenvalue weighted by molar-refractivity contribution is 0.466. The summed E-state index contributed by atoms with van der Waals surface area (Å²) in [5.74, 6) is -0.227. The lowest BCUT2D eigenvalue weighted by Crippen LogP contribution is -2.03. The first kappa shape index (κ1) is 9.75. The van der Waals surface area contributed by atoms with Crippen LogP contribution in [0, 0.1) is 6.92 Å². The van der Waals surface area contributed by atoms with Gasteiger partial charge in [0.05, 0.1) is 0 Å². The summed E-state index contributed by atoms with van der Waals surface area (Å²) in [5, 5.41) is 8.76. The number of aromatic amines is 1. The quantitative estimate of drug-likeness (QED) is 0.595. The average molecular weight is 155 g/mol. The summed E-state index contributed by atoms with van der Waals surface area (Å²) in [4.78, 5) is 12.8. The molecule has 1 aromatic rings. The Bertz CT molecular complexity index is 265. The van der Waals surface area contributed by atoms with Gasteiger partial charge in [-0.2, -0.15) is 0 Å². The fourth-order valence-electron chi connectivity index (χ4n) is 0.576. The van der Waals surface area contributed by atoms with Crippen molar-refractivity contribution in [1.29, 1.82) is 0 Å². The van der Waals surface area contributed by atoms with Crippen molar-refractivity contribution in [3.63, 3.8) is 0 Å². The zero-order valence-corrected chi connectivity index (χ0v) is 7.01. The van der Waals surface area contributed by atoms with E-state index in [1.54, 1.807) is 13.1 Å². The molecule has 11 heavy (non-hydrogen) atoms. The summed E-state index contributed by atoms with van der Waals surface area (Å²) in [5.41, 5.74) is 0.396. The van der Waals surface area contributed by atoms with Crippen LogP contribution in [0.3, 0.4) is 0 Å². The van der Waals surface area contributed by atoms with Gasteiger partial charge in [-0.05, 0) is 18.6 Å². The van der Waals surface area contributed by atoms with E-state index in [-0.39, 0.29) is 5.75 Å². The molecule has 0 saturated heterocycles. The maximum Gasteiger partial charge on any atom is 0.290 e. The van der Waals surface area contributed by atoms with Gasteiger partial charge in [0.2, 0.25) is 0 Å². The number of hydrogen-bond donors (Lipinski definition) is 2. The highest BCUT2D eigenvalue weighted by Gasteiger charge is 1.92. The SMILES string of the molecule is CC.Cc1c[nH]c(=O)c(O)c1. The number of hydrogen-bond acceptors (Lipinski definition) is 2. The molecule has 3 nitrogen and oxygen atoms in total. The molecule has 0 fully saturated rings. The van der Waals surface area contributed by atoms with Gasteiger partial charge >= 0.3 is 0 Å². The monoisotopic (exact) mass is 155 g/mol. The smallest absolute Gasteiger partial charge is 0.290 e. The molecular formula is C8H13NO2. The van der Waals surface area contributed by atoms with Crippen LogP contribution in [0.4, 0.5) is 0 Å². The van der Waals surface area contributed by atoms with Gasteiger partial charge in [-0.3, -0.25) is 4.79 Å². The van der Waals surface area contributed by atoms with Gasteiger partial charge in [-0.25, -0.2) is 0 Å². The molecule has 0 aliphatic rings. The maximum absolute atomic E-state index is 10.5. The van der Waals surface area contributed by atoms with Crippen LogP contribution in [0.15, 0.2) is 17.1 Å². The molecule has 0 amide bonds. The minimum Gasteiger partial charge on any atom is -0.503 e. The zero-order valence-electron chi connectivity index (χ0n) is 7.01. The third kappa shape index (κ3) is 2.89. The van der Waals surface area contributed by atoms with Crippen molar-refractivity contribution in [2.45, 2.75) is 20.8 Å². The summed E-state index contributed by atoms with van der Waals surface area (Å²) in [6, 6.07) is 1.42. The first-order valence-electron chi connectivity index (χ1n) is 3.58. The number of nitrogens with one attached hydrogen (secondary N) is 1. The van der Waals surface area contributed by atoms with E-state index in [0.29, 0.717) is 0 Å². The predicted octanol–water partition coefficient (Wildman–Crippen LogP) is 1.42. The second-order valence-electron chi connectivity index (χ2n) is 1.89. The molecule has 62 valence electrons. The van der Waals surface area contributed by atoms with Gasteiger partial charge in [0, 0.05) is 6.20 Å². The Labute approximate surface area is 65.7 Å². The molecule has 3 heteroatoms. The summed E-state index contributed by atoms with van der Waals surface area (Å²) < 4.78 is 0.